The zero-order valence-corrected chi connectivity index (χ0v) is 14.0. The fourth-order valence-corrected chi connectivity index (χ4v) is 2.47. The monoisotopic (exact) mass is 326 g/mol. The second-order valence-electron chi connectivity index (χ2n) is 5.80. The van der Waals surface area contributed by atoms with E-state index in [2.05, 4.69) is 25.1 Å². The van der Waals surface area contributed by atoms with Gasteiger partial charge in [0.05, 0.1) is 6.61 Å². The lowest BCUT2D eigenvalue weighted by molar-refractivity contribution is 0.224. The maximum atomic E-state index is 8.97. The second-order valence-corrected chi connectivity index (χ2v) is 5.80. The summed E-state index contributed by atoms with van der Waals surface area (Å²) in [5.74, 6) is 1.59. The Morgan fingerprint density at radius 3 is 2.50 bits per heavy atom. The lowest BCUT2D eigenvalue weighted by Gasteiger charge is -2.22. The molecule has 1 N–H and O–H groups in total. The van der Waals surface area contributed by atoms with Gasteiger partial charge < -0.3 is 14.9 Å². The van der Waals surface area contributed by atoms with Crippen LogP contribution < -0.4 is 4.90 Å². The normalized spacial score (nSPS) is 11.3. The lowest BCUT2D eigenvalue weighted by Crippen LogP contribution is -2.32. The summed E-state index contributed by atoms with van der Waals surface area (Å²) in [5, 5.41) is 22.1. The van der Waals surface area contributed by atoms with Crippen LogP contribution in [0.1, 0.15) is 0 Å². The number of aromatic nitrogens is 4. The number of aliphatic hydroxyl groups is 1. The molecule has 7 nitrogen and oxygen atoms in total. The molecular weight excluding hydrogens is 304 g/mol. The van der Waals surface area contributed by atoms with E-state index in [9.17, 15) is 0 Å². The molecule has 0 aliphatic heterocycles. The number of likely N-dealkylation sites (N-methyl/N-ethyl adjacent to an activating group) is 2. The van der Waals surface area contributed by atoms with Crippen molar-refractivity contribution in [3.05, 3.63) is 42.5 Å². The van der Waals surface area contributed by atoms with E-state index >= 15 is 0 Å². The Hall–Kier alpha value is -2.51. The molecule has 0 atom stereocenters. The van der Waals surface area contributed by atoms with Gasteiger partial charge in [-0.05, 0) is 19.2 Å². The third-order valence-corrected chi connectivity index (χ3v) is 3.97. The molecule has 0 aliphatic carbocycles. The van der Waals surface area contributed by atoms with Crippen LogP contribution in [0.25, 0.3) is 17.0 Å². The van der Waals surface area contributed by atoms with Gasteiger partial charge in [0.15, 0.2) is 11.5 Å². The third-order valence-electron chi connectivity index (χ3n) is 3.97. The summed E-state index contributed by atoms with van der Waals surface area (Å²) in [6.07, 6.45) is 0. The third kappa shape index (κ3) is 3.52. The van der Waals surface area contributed by atoms with E-state index in [0.717, 1.165) is 35.9 Å². The summed E-state index contributed by atoms with van der Waals surface area (Å²) < 4.78 is 1.78. The van der Waals surface area contributed by atoms with Gasteiger partial charge in [-0.2, -0.15) is 4.52 Å². The highest BCUT2D eigenvalue weighted by molar-refractivity contribution is 5.59. The minimum Gasteiger partial charge on any atom is -0.395 e. The molecule has 126 valence electrons. The van der Waals surface area contributed by atoms with E-state index in [1.165, 1.54) is 0 Å². The van der Waals surface area contributed by atoms with Crippen molar-refractivity contribution in [2.24, 2.45) is 0 Å². The molecule has 0 fully saturated rings. The SMILES string of the molecule is CN(CCO)CCN(C)c1ccc2nnc(-c3ccccc3)n2n1. The fraction of sp³-hybridized carbons (Fsp3) is 0.353. The van der Waals surface area contributed by atoms with Gasteiger partial charge in [-0.3, -0.25) is 0 Å². The van der Waals surface area contributed by atoms with Gasteiger partial charge in [0, 0.05) is 32.2 Å². The van der Waals surface area contributed by atoms with Crippen LogP contribution in [0.2, 0.25) is 0 Å². The van der Waals surface area contributed by atoms with Gasteiger partial charge >= 0.3 is 0 Å². The van der Waals surface area contributed by atoms with E-state index in [0.29, 0.717) is 6.54 Å². The summed E-state index contributed by atoms with van der Waals surface area (Å²) in [4.78, 5) is 4.17. The quantitative estimate of drug-likeness (QED) is 0.702. The molecule has 24 heavy (non-hydrogen) atoms. The number of rotatable bonds is 7. The first-order chi connectivity index (χ1) is 11.7. The highest BCUT2D eigenvalue weighted by Gasteiger charge is 2.11. The summed E-state index contributed by atoms with van der Waals surface area (Å²) >= 11 is 0. The van der Waals surface area contributed by atoms with Gasteiger partial charge in [0.2, 0.25) is 0 Å². The summed E-state index contributed by atoms with van der Waals surface area (Å²) in [6.45, 7) is 2.51. The molecule has 0 saturated heterocycles. The Labute approximate surface area is 141 Å². The van der Waals surface area contributed by atoms with Gasteiger partial charge in [0.1, 0.15) is 5.82 Å². The fourth-order valence-electron chi connectivity index (χ4n) is 2.47. The van der Waals surface area contributed by atoms with Crippen LogP contribution in [0.15, 0.2) is 42.5 Å². The average molecular weight is 326 g/mol. The van der Waals surface area contributed by atoms with Gasteiger partial charge in [-0.25, -0.2) is 0 Å². The Bertz CT molecular complexity index is 788. The Balaban J connectivity index is 1.82. The predicted molar refractivity (Wildman–Crippen MR) is 94.1 cm³/mol. The molecule has 3 rings (SSSR count). The number of benzene rings is 1. The first-order valence-corrected chi connectivity index (χ1v) is 7.97. The van der Waals surface area contributed by atoms with Crippen LogP contribution in [0.3, 0.4) is 0 Å². The number of hydrogen-bond acceptors (Lipinski definition) is 6. The number of aliphatic hydroxyl groups excluding tert-OH is 1. The number of anilines is 1. The maximum Gasteiger partial charge on any atom is 0.185 e. The van der Waals surface area contributed by atoms with E-state index in [-0.39, 0.29) is 6.61 Å². The molecule has 3 aromatic rings. The molecule has 0 aliphatic rings. The van der Waals surface area contributed by atoms with Crippen LogP contribution in [0, 0.1) is 0 Å². The van der Waals surface area contributed by atoms with Crippen molar-refractivity contribution >= 4 is 11.5 Å². The Morgan fingerprint density at radius 2 is 1.75 bits per heavy atom. The van der Waals surface area contributed by atoms with Gasteiger partial charge in [-0.15, -0.1) is 15.3 Å². The van der Waals surface area contributed by atoms with E-state index in [1.54, 1.807) is 4.52 Å². The Kier molecular flexibility index (Phi) is 5.02. The zero-order valence-electron chi connectivity index (χ0n) is 14.0. The number of fused-ring (bicyclic) bond motifs is 1. The Morgan fingerprint density at radius 1 is 0.958 bits per heavy atom. The molecule has 2 aromatic heterocycles. The molecule has 0 radical (unpaired) electrons. The van der Waals surface area contributed by atoms with Crippen molar-refractivity contribution in [2.45, 2.75) is 0 Å². The second kappa shape index (κ2) is 7.37. The molecular formula is C17H22N6O. The summed E-state index contributed by atoms with van der Waals surface area (Å²) in [6, 6.07) is 13.8. The van der Waals surface area contributed by atoms with Crippen molar-refractivity contribution in [1.82, 2.24) is 24.7 Å². The lowest BCUT2D eigenvalue weighted by atomic mass is 10.2. The minimum absolute atomic E-state index is 0.172. The molecule has 2 heterocycles. The topological polar surface area (TPSA) is 69.8 Å². The van der Waals surface area contributed by atoms with Gasteiger partial charge in [-0.1, -0.05) is 30.3 Å². The number of hydrogen-bond donors (Lipinski definition) is 1. The minimum atomic E-state index is 0.172. The summed E-state index contributed by atoms with van der Waals surface area (Å²) in [5.41, 5.74) is 1.71. The molecule has 7 heteroatoms. The molecule has 0 saturated carbocycles. The van der Waals surface area contributed by atoms with Crippen LogP contribution >= 0.6 is 0 Å². The highest BCUT2D eigenvalue weighted by Crippen LogP contribution is 2.18. The van der Waals surface area contributed by atoms with E-state index in [1.807, 2.05) is 56.6 Å². The van der Waals surface area contributed by atoms with E-state index < -0.39 is 0 Å². The van der Waals surface area contributed by atoms with Crippen LogP contribution in [-0.2, 0) is 0 Å². The standard InChI is InChI=1S/C17H22N6O/c1-21(12-13-24)10-11-22(2)16-9-8-15-18-19-17(23(15)20-16)14-6-4-3-5-7-14/h3-9,24H,10-13H2,1-2H3. The van der Waals surface area contributed by atoms with Crippen molar-refractivity contribution in [2.75, 3.05) is 45.2 Å². The van der Waals surface area contributed by atoms with Crippen molar-refractivity contribution < 1.29 is 5.11 Å². The van der Waals surface area contributed by atoms with Crippen molar-refractivity contribution in [1.29, 1.82) is 0 Å². The highest BCUT2D eigenvalue weighted by atomic mass is 16.3. The van der Waals surface area contributed by atoms with Crippen LogP contribution in [0.4, 0.5) is 5.82 Å². The smallest absolute Gasteiger partial charge is 0.185 e. The average Bonchev–Trinajstić information content (AvgIpc) is 3.04. The van der Waals surface area contributed by atoms with Crippen molar-refractivity contribution in [3.63, 3.8) is 0 Å². The first-order valence-electron chi connectivity index (χ1n) is 7.97. The molecule has 0 bridgehead atoms. The first kappa shape index (κ1) is 16.4. The van der Waals surface area contributed by atoms with Crippen molar-refractivity contribution in [3.8, 4) is 11.4 Å². The molecule has 0 amide bonds. The molecule has 0 unspecified atom stereocenters. The molecule has 0 spiro atoms. The summed E-state index contributed by atoms with van der Waals surface area (Å²) in [7, 11) is 4.00. The zero-order chi connectivity index (χ0) is 16.9. The van der Waals surface area contributed by atoms with Crippen LogP contribution in [0.5, 0.6) is 0 Å². The van der Waals surface area contributed by atoms with Gasteiger partial charge in [0.25, 0.3) is 0 Å². The van der Waals surface area contributed by atoms with Crippen LogP contribution in [-0.4, -0.2) is 70.2 Å². The molecule has 1 aromatic carbocycles. The maximum absolute atomic E-state index is 8.97. The largest absolute Gasteiger partial charge is 0.395 e. The predicted octanol–water partition coefficient (Wildman–Crippen LogP) is 1.15. The van der Waals surface area contributed by atoms with E-state index in [4.69, 9.17) is 5.11 Å². The number of nitrogens with zero attached hydrogens (tertiary/aromatic N) is 6.